The van der Waals surface area contributed by atoms with Gasteiger partial charge in [-0.25, -0.2) is 0 Å². The maximum absolute atomic E-state index is 7.03. The summed E-state index contributed by atoms with van der Waals surface area (Å²) in [4.78, 5) is 4.73. The summed E-state index contributed by atoms with van der Waals surface area (Å²) in [7, 11) is 0. The van der Waals surface area contributed by atoms with Gasteiger partial charge < -0.3 is 18.6 Å². The smallest absolute Gasteiger partial charge is 0.159 e. The van der Waals surface area contributed by atoms with E-state index in [-0.39, 0.29) is 0 Å². The lowest BCUT2D eigenvalue weighted by atomic mass is 9.68. The summed E-state index contributed by atoms with van der Waals surface area (Å²) < 4.78 is 14.1. The zero-order valence-corrected chi connectivity index (χ0v) is 46.9. The predicted molar refractivity (Wildman–Crippen MR) is 350 cm³/mol. The van der Waals surface area contributed by atoms with Crippen LogP contribution in [0, 0.1) is 0 Å². The molecular formula is C79H58N2O2. The van der Waals surface area contributed by atoms with Crippen molar-refractivity contribution >= 4 is 112 Å². The first kappa shape index (κ1) is 48.7. The number of hydrogen-bond donors (Lipinski definition) is 0. The van der Waals surface area contributed by atoms with Crippen molar-refractivity contribution in [2.75, 3.05) is 9.80 Å². The Morgan fingerprint density at radius 1 is 0.373 bits per heavy atom. The van der Waals surface area contributed by atoms with Gasteiger partial charge in [0.05, 0.1) is 16.8 Å². The van der Waals surface area contributed by atoms with Crippen LogP contribution in [-0.4, -0.2) is 0 Å². The summed E-state index contributed by atoms with van der Waals surface area (Å²) in [5.41, 5.74) is 23.6. The van der Waals surface area contributed by atoms with Gasteiger partial charge in [0.2, 0.25) is 0 Å². The Morgan fingerprint density at radius 3 is 1.33 bits per heavy atom. The molecule has 0 aliphatic heterocycles. The molecule has 0 unspecified atom stereocenters. The van der Waals surface area contributed by atoms with E-state index in [0.29, 0.717) is 11.8 Å². The van der Waals surface area contributed by atoms with Gasteiger partial charge in [0, 0.05) is 44.3 Å². The maximum Gasteiger partial charge on any atom is 0.159 e. The highest BCUT2D eigenvalue weighted by molar-refractivity contribution is 6.15. The van der Waals surface area contributed by atoms with Crippen LogP contribution >= 0.6 is 0 Å². The second-order valence-corrected chi connectivity index (χ2v) is 23.1. The largest absolute Gasteiger partial charge is 0.454 e. The van der Waals surface area contributed by atoms with Crippen molar-refractivity contribution in [3.63, 3.8) is 0 Å². The van der Waals surface area contributed by atoms with Gasteiger partial charge in [-0.1, -0.05) is 223 Å². The average molecular weight is 1070 g/mol. The van der Waals surface area contributed by atoms with Crippen molar-refractivity contribution in [2.24, 2.45) is 0 Å². The maximum atomic E-state index is 7.03. The molecule has 83 heavy (non-hydrogen) atoms. The summed E-state index contributed by atoms with van der Waals surface area (Å²) >= 11 is 0. The minimum atomic E-state index is -0.712. The van der Waals surface area contributed by atoms with Crippen molar-refractivity contribution < 1.29 is 8.83 Å². The van der Waals surface area contributed by atoms with Crippen LogP contribution in [0.15, 0.2) is 253 Å². The van der Waals surface area contributed by atoms with Crippen molar-refractivity contribution in [1.82, 2.24) is 0 Å². The van der Waals surface area contributed by atoms with Gasteiger partial charge in [0.15, 0.2) is 11.2 Å². The molecule has 2 aliphatic carbocycles. The van der Waals surface area contributed by atoms with Crippen LogP contribution in [0.25, 0.3) is 99.8 Å². The van der Waals surface area contributed by atoms with E-state index in [0.717, 1.165) is 99.9 Å². The topological polar surface area (TPSA) is 32.8 Å². The summed E-state index contributed by atoms with van der Waals surface area (Å²) in [5, 5.41) is 9.18. The lowest BCUT2D eigenvalue weighted by Crippen LogP contribution is -2.26. The number of nitrogens with zero attached hydrogens (tertiary/aromatic N) is 2. The first-order valence-electron chi connectivity index (χ1n) is 29.0. The molecule has 0 fully saturated rings. The molecule has 0 bridgehead atoms. The summed E-state index contributed by atoms with van der Waals surface area (Å²) in [5.74, 6) is 0.620. The predicted octanol–water partition coefficient (Wildman–Crippen LogP) is 22.6. The molecule has 4 nitrogen and oxygen atoms in total. The monoisotopic (exact) mass is 1070 g/mol. The van der Waals surface area contributed by atoms with E-state index in [1.807, 2.05) is 12.2 Å². The normalized spacial score (nSPS) is 13.0. The average Bonchev–Trinajstić information content (AvgIpc) is 2.19. The van der Waals surface area contributed by atoms with E-state index < -0.39 is 5.41 Å². The Balaban J connectivity index is 0.938. The minimum absolute atomic E-state index is 0.310. The fourth-order valence-electron chi connectivity index (χ4n) is 14.6. The lowest BCUT2D eigenvalue weighted by molar-refractivity contribution is 0.657. The molecule has 1 spiro atoms. The Morgan fingerprint density at radius 2 is 0.843 bits per heavy atom. The van der Waals surface area contributed by atoms with E-state index in [9.17, 15) is 0 Å². The highest BCUT2D eigenvalue weighted by Crippen LogP contribution is 2.66. The van der Waals surface area contributed by atoms with Gasteiger partial charge in [-0.05, 0) is 161 Å². The Hall–Kier alpha value is -10.2. The van der Waals surface area contributed by atoms with Gasteiger partial charge in [0.1, 0.15) is 11.2 Å². The van der Waals surface area contributed by atoms with Crippen LogP contribution in [0.5, 0.6) is 0 Å². The number of furan rings is 2. The number of para-hydroxylation sites is 6. The first-order valence-corrected chi connectivity index (χ1v) is 29.0. The molecule has 0 atom stereocenters. The molecule has 2 aromatic heterocycles. The van der Waals surface area contributed by atoms with E-state index in [4.69, 9.17) is 8.83 Å². The van der Waals surface area contributed by atoms with Crippen LogP contribution in [0.1, 0.15) is 84.0 Å². The lowest BCUT2D eigenvalue weighted by Gasteiger charge is -2.33. The van der Waals surface area contributed by atoms with Gasteiger partial charge in [-0.2, -0.15) is 0 Å². The molecule has 0 saturated heterocycles. The van der Waals surface area contributed by atoms with Crippen LogP contribution < -0.4 is 9.80 Å². The third-order valence-electron chi connectivity index (χ3n) is 18.1. The number of hydrogen-bond acceptors (Lipinski definition) is 4. The van der Waals surface area contributed by atoms with Crippen molar-refractivity contribution in [2.45, 2.75) is 44.9 Å². The third kappa shape index (κ3) is 6.87. The molecule has 16 rings (SSSR count). The highest BCUT2D eigenvalue weighted by Gasteiger charge is 2.54. The highest BCUT2D eigenvalue weighted by atomic mass is 16.3. The SMILES string of the molecule is C=Cc1ccc2c(c1C=C)-c1ccccc1C21c2c(ccc3cc(N(c4ccccc4)c4cccc5c4oc4c(C(C)C)cccc45)ccc23)-c2ccc3cc(N(c4ccccc4)c4cccc5c4oc4c(C(C)C)cccc45)ccc3c21. The van der Waals surface area contributed by atoms with Gasteiger partial charge in [-0.3, -0.25) is 0 Å². The van der Waals surface area contributed by atoms with E-state index >= 15 is 0 Å². The van der Waals surface area contributed by atoms with Crippen molar-refractivity contribution in [3.05, 3.63) is 288 Å². The van der Waals surface area contributed by atoms with Gasteiger partial charge in [-0.15, -0.1) is 0 Å². The second kappa shape index (κ2) is 18.4. The number of rotatable bonds is 10. The van der Waals surface area contributed by atoms with Crippen molar-refractivity contribution in [3.8, 4) is 22.3 Å². The molecule has 0 radical (unpaired) electrons. The Kier molecular flexibility index (Phi) is 10.8. The molecule has 0 N–H and O–H groups in total. The molecule has 2 heterocycles. The molecule has 2 aliphatic rings. The minimum Gasteiger partial charge on any atom is -0.454 e. The number of anilines is 6. The second-order valence-electron chi connectivity index (χ2n) is 23.1. The molecular weight excluding hydrogens is 1010 g/mol. The van der Waals surface area contributed by atoms with Gasteiger partial charge >= 0.3 is 0 Å². The van der Waals surface area contributed by atoms with E-state index in [2.05, 4.69) is 281 Å². The molecule has 0 amide bonds. The number of fused-ring (bicyclic) bond motifs is 20. The molecule has 14 aromatic rings. The van der Waals surface area contributed by atoms with E-state index in [1.54, 1.807) is 0 Å². The summed E-state index contributed by atoms with van der Waals surface area (Å²) in [6.45, 7) is 17.7. The van der Waals surface area contributed by atoms with E-state index in [1.165, 1.54) is 66.4 Å². The molecule has 4 heteroatoms. The summed E-state index contributed by atoms with van der Waals surface area (Å²) in [6, 6.07) is 85.0. The number of benzene rings is 12. The van der Waals surface area contributed by atoms with Crippen LogP contribution in [-0.2, 0) is 5.41 Å². The van der Waals surface area contributed by atoms with Crippen molar-refractivity contribution in [1.29, 1.82) is 0 Å². The van der Waals surface area contributed by atoms with Crippen LogP contribution in [0.3, 0.4) is 0 Å². The van der Waals surface area contributed by atoms with Crippen LogP contribution in [0.4, 0.5) is 34.1 Å². The molecule has 0 saturated carbocycles. The quantitative estimate of drug-likeness (QED) is 0.137. The summed E-state index contributed by atoms with van der Waals surface area (Å²) in [6.07, 6.45) is 4.00. The zero-order chi connectivity index (χ0) is 55.8. The Labute approximate surface area is 483 Å². The third-order valence-corrected chi connectivity index (χ3v) is 18.1. The Bertz CT molecular complexity index is 4780. The fraction of sp³-hybridized carbons (Fsp3) is 0.0886. The fourth-order valence-corrected chi connectivity index (χ4v) is 14.6. The first-order chi connectivity index (χ1) is 40.8. The van der Waals surface area contributed by atoms with Crippen LogP contribution in [0.2, 0.25) is 0 Å². The molecule has 12 aromatic carbocycles. The molecule has 396 valence electrons. The standard InChI is InChI=1S/C79H58N2O2/c1-7-49-37-44-69-72(56(49)8-2)67-25-15-16-32-68(67)79(69)73-59-42-38-54(80(52-21-11-9-12-22-52)70-33-19-30-65-63-28-17-26-57(47(3)4)75(63)82-77(65)70)45-50(59)35-40-61(73)62-41-36-51-46-55(39-43-60(51)74(62)79)81(53-23-13-10-14-24-53)71-34-20-31-66-64-29-18-27-58(48(5)6)76(64)83-78(66)71/h7-48H,1-2H2,3-6H3. The van der Waals surface area contributed by atoms with Gasteiger partial charge in [0.25, 0.3) is 0 Å². The zero-order valence-electron chi connectivity index (χ0n) is 46.9.